The van der Waals surface area contributed by atoms with Crippen molar-refractivity contribution in [2.75, 3.05) is 0 Å². The number of rotatable bonds is 2. The SMILES string of the molecule is C/C=C\C1=C(/C=C\C)NC(=O)CC1. The molecule has 1 heterocycles. The molecule has 1 amide bonds. The van der Waals surface area contributed by atoms with E-state index < -0.39 is 0 Å². The molecule has 0 saturated carbocycles. The molecule has 0 unspecified atom stereocenters. The maximum absolute atomic E-state index is 11.1. The monoisotopic (exact) mass is 177 g/mol. The zero-order valence-electron chi connectivity index (χ0n) is 8.13. The number of allylic oxidation sites excluding steroid dienone is 5. The van der Waals surface area contributed by atoms with Gasteiger partial charge in [-0.25, -0.2) is 0 Å². The average Bonchev–Trinajstić information content (AvgIpc) is 2.10. The molecule has 0 radical (unpaired) electrons. The zero-order valence-corrected chi connectivity index (χ0v) is 8.13. The van der Waals surface area contributed by atoms with E-state index in [1.807, 2.05) is 32.1 Å². The maximum Gasteiger partial charge on any atom is 0.224 e. The predicted molar refractivity (Wildman–Crippen MR) is 54.0 cm³/mol. The summed E-state index contributed by atoms with van der Waals surface area (Å²) in [6, 6.07) is 0. The second-order valence-electron chi connectivity index (χ2n) is 2.99. The molecule has 2 heteroatoms. The molecule has 0 fully saturated rings. The summed E-state index contributed by atoms with van der Waals surface area (Å²) in [5, 5.41) is 2.85. The molecular formula is C11H15NO. The molecule has 1 N–H and O–H groups in total. The normalized spacial score (nSPS) is 18.8. The molecule has 1 aliphatic rings. The molecule has 70 valence electrons. The lowest BCUT2D eigenvalue weighted by molar-refractivity contribution is -0.120. The van der Waals surface area contributed by atoms with Gasteiger partial charge in [-0.05, 0) is 31.9 Å². The highest BCUT2D eigenvalue weighted by molar-refractivity contribution is 5.80. The standard InChI is InChI=1S/C11H15NO/c1-3-5-9-7-8-11(13)12-10(9)6-4-2/h3-6H,7-8H2,1-2H3,(H,12,13)/b5-3-,6-4-. The number of hydrogen-bond donors (Lipinski definition) is 1. The first-order valence-corrected chi connectivity index (χ1v) is 4.56. The minimum absolute atomic E-state index is 0.112. The summed E-state index contributed by atoms with van der Waals surface area (Å²) in [5.41, 5.74) is 2.15. The minimum Gasteiger partial charge on any atom is -0.326 e. The maximum atomic E-state index is 11.1. The molecule has 13 heavy (non-hydrogen) atoms. The largest absolute Gasteiger partial charge is 0.326 e. The molecule has 1 aliphatic heterocycles. The molecular weight excluding hydrogens is 162 g/mol. The highest BCUT2D eigenvalue weighted by Crippen LogP contribution is 2.17. The van der Waals surface area contributed by atoms with E-state index in [9.17, 15) is 4.79 Å². The van der Waals surface area contributed by atoms with Crippen LogP contribution in [-0.2, 0) is 4.79 Å². The van der Waals surface area contributed by atoms with Gasteiger partial charge in [0.15, 0.2) is 0 Å². The smallest absolute Gasteiger partial charge is 0.224 e. The van der Waals surface area contributed by atoms with Gasteiger partial charge in [0, 0.05) is 12.1 Å². The molecule has 0 aliphatic carbocycles. The van der Waals surface area contributed by atoms with Crippen molar-refractivity contribution < 1.29 is 4.79 Å². The van der Waals surface area contributed by atoms with Gasteiger partial charge in [0.25, 0.3) is 0 Å². The van der Waals surface area contributed by atoms with Gasteiger partial charge in [0.2, 0.25) is 5.91 Å². The molecule has 0 aromatic heterocycles. The van der Waals surface area contributed by atoms with E-state index in [0.717, 1.165) is 12.1 Å². The summed E-state index contributed by atoms with van der Waals surface area (Å²) >= 11 is 0. The first-order valence-electron chi connectivity index (χ1n) is 4.56. The average molecular weight is 177 g/mol. The Morgan fingerprint density at radius 1 is 1.15 bits per heavy atom. The van der Waals surface area contributed by atoms with Crippen LogP contribution in [-0.4, -0.2) is 5.91 Å². The van der Waals surface area contributed by atoms with E-state index in [-0.39, 0.29) is 5.91 Å². The van der Waals surface area contributed by atoms with Gasteiger partial charge in [0.1, 0.15) is 0 Å². The Labute approximate surface area is 79.0 Å². The van der Waals surface area contributed by atoms with E-state index in [1.54, 1.807) is 0 Å². The number of carbonyl (C=O) groups is 1. The van der Waals surface area contributed by atoms with Crippen molar-refractivity contribution in [1.82, 2.24) is 5.32 Å². The van der Waals surface area contributed by atoms with Gasteiger partial charge < -0.3 is 5.32 Å². The summed E-state index contributed by atoms with van der Waals surface area (Å²) in [4.78, 5) is 11.1. The summed E-state index contributed by atoms with van der Waals surface area (Å²) < 4.78 is 0. The van der Waals surface area contributed by atoms with Crippen molar-refractivity contribution in [2.24, 2.45) is 0 Å². The Morgan fingerprint density at radius 3 is 2.46 bits per heavy atom. The van der Waals surface area contributed by atoms with Crippen LogP contribution in [0.25, 0.3) is 0 Å². The Kier molecular flexibility index (Phi) is 3.50. The van der Waals surface area contributed by atoms with Crippen LogP contribution < -0.4 is 5.32 Å². The molecule has 0 spiro atoms. The van der Waals surface area contributed by atoms with E-state index in [2.05, 4.69) is 11.4 Å². The second kappa shape index (κ2) is 4.65. The van der Waals surface area contributed by atoms with Crippen molar-refractivity contribution in [3.05, 3.63) is 35.6 Å². The van der Waals surface area contributed by atoms with E-state index >= 15 is 0 Å². The predicted octanol–water partition coefficient (Wildman–Crippen LogP) is 2.30. The van der Waals surface area contributed by atoms with Crippen molar-refractivity contribution in [2.45, 2.75) is 26.7 Å². The summed E-state index contributed by atoms with van der Waals surface area (Å²) in [7, 11) is 0. The summed E-state index contributed by atoms with van der Waals surface area (Å²) in [6.07, 6.45) is 9.36. The first kappa shape index (κ1) is 9.78. The van der Waals surface area contributed by atoms with Gasteiger partial charge in [-0.3, -0.25) is 4.79 Å². The molecule has 1 rings (SSSR count). The Bertz CT molecular complexity index is 284. The van der Waals surface area contributed by atoms with Gasteiger partial charge in [-0.15, -0.1) is 0 Å². The highest BCUT2D eigenvalue weighted by Gasteiger charge is 2.13. The van der Waals surface area contributed by atoms with Crippen molar-refractivity contribution in [3.63, 3.8) is 0 Å². The molecule has 0 atom stereocenters. The van der Waals surface area contributed by atoms with E-state index in [4.69, 9.17) is 0 Å². The highest BCUT2D eigenvalue weighted by atomic mass is 16.1. The van der Waals surface area contributed by atoms with Crippen molar-refractivity contribution in [3.8, 4) is 0 Å². The fourth-order valence-corrected chi connectivity index (χ4v) is 1.37. The van der Waals surface area contributed by atoms with Crippen LogP contribution in [0.5, 0.6) is 0 Å². The van der Waals surface area contributed by atoms with E-state index in [0.29, 0.717) is 6.42 Å². The fourth-order valence-electron chi connectivity index (χ4n) is 1.37. The van der Waals surface area contributed by atoms with Crippen LogP contribution in [0.4, 0.5) is 0 Å². The number of nitrogens with one attached hydrogen (secondary N) is 1. The van der Waals surface area contributed by atoms with Gasteiger partial charge >= 0.3 is 0 Å². The molecule has 0 aromatic rings. The molecule has 0 aromatic carbocycles. The van der Waals surface area contributed by atoms with Crippen molar-refractivity contribution in [1.29, 1.82) is 0 Å². The van der Waals surface area contributed by atoms with Crippen LogP contribution in [0.2, 0.25) is 0 Å². The topological polar surface area (TPSA) is 29.1 Å². The number of hydrogen-bond acceptors (Lipinski definition) is 1. The Balaban J connectivity index is 2.92. The third-order valence-electron chi connectivity index (χ3n) is 1.94. The van der Waals surface area contributed by atoms with Gasteiger partial charge in [-0.2, -0.15) is 0 Å². The van der Waals surface area contributed by atoms with Crippen LogP contribution >= 0.6 is 0 Å². The summed E-state index contributed by atoms with van der Waals surface area (Å²) in [5.74, 6) is 0.112. The van der Waals surface area contributed by atoms with Gasteiger partial charge in [-0.1, -0.05) is 18.2 Å². The minimum atomic E-state index is 0.112. The zero-order chi connectivity index (χ0) is 9.68. The van der Waals surface area contributed by atoms with Crippen LogP contribution in [0.1, 0.15) is 26.7 Å². The first-order chi connectivity index (χ1) is 6.27. The number of amides is 1. The molecule has 2 nitrogen and oxygen atoms in total. The fraction of sp³-hybridized carbons (Fsp3) is 0.364. The van der Waals surface area contributed by atoms with Crippen LogP contribution in [0, 0.1) is 0 Å². The molecule has 0 saturated heterocycles. The lowest BCUT2D eigenvalue weighted by Crippen LogP contribution is -2.26. The Morgan fingerprint density at radius 2 is 1.85 bits per heavy atom. The summed E-state index contributed by atoms with van der Waals surface area (Å²) in [6.45, 7) is 3.93. The third-order valence-corrected chi connectivity index (χ3v) is 1.94. The van der Waals surface area contributed by atoms with Crippen LogP contribution in [0.15, 0.2) is 35.6 Å². The van der Waals surface area contributed by atoms with E-state index in [1.165, 1.54) is 5.57 Å². The Hall–Kier alpha value is -1.31. The quantitative estimate of drug-likeness (QED) is 0.689. The van der Waals surface area contributed by atoms with Crippen LogP contribution in [0.3, 0.4) is 0 Å². The lowest BCUT2D eigenvalue weighted by atomic mass is 10.0. The van der Waals surface area contributed by atoms with Gasteiger partial charge in [0.05, 0.1) is 0 Å². The second-order valence-corrected chi connectivity index (χ2v) is 2.99. The van der Waals surface area contributed by atoms with Crippen molar-refractivity contribution >= 4 is 5.91 Å². The number of carbonyl (C=O) groups excluding carboxylic acids is 1. The third kappa shape index (κ3) is 2.58. The lowest BCUT2D eigenvalue weighted by Gasteiger charge is -2.16. The molecule has 0 bridgehead atoms.